The lowest BCUT2D eigenvalue weighted by atomic mass is 10.2. The summed E-state index contributed by atoms with van der Waals surface area (Å²) in [6.07, 6.45) is 0. The van der Waals surface area contributed by atoms with E-state index in [1.54, 1.807) is 12.1 Å². The quantitative estimate of drug-likeness (QED) is 0.609. The highest BCUT2D eigenvalue weighted by molar-refractivity contribution is 14.0. The molecular weight excluding hydrogens is 355 g/mol. The van der Waals surface area contributed by atoms with E-state index < -0.39 is 0 Å². The van der Waals surface area contributed by atoms with Gasteiger partial charge in [-0.15, -0.1) is 24.0 Å². The maximum absolute atomic E-state index is 11.7. The molecule has 0 fully saturated rings. The Labute approximate surface area is 130 Å². The summed E-state index contributed by atoms with van der Waals surface area (Å²) < 4.78 is 0. The van der Waals surface area contributed by atoms with Crippen LogP contribution in [0.4, 0.5) is 0 Å². The van der Waals surface area contributed by atoms with Crippen molar-refractivity contribution in [3.05, 3.63) is 35.9 Å². The number of hydrogen-bond donors (Lipinski definition) is 2. The Morgan fingerprint density at radius 1 is 1.32 bits per heavy atom. The topological polar surface area (TPSA) is 56.7 Å². The number of halogens is 1. The van der Waals surface area contributed by atoms with Crippen molar-refractivity contribution in [1.29, 1.82) is 0 Å². The van der Waals surface area contributed by atoms with Gasteiger partial charge in [-0.1, -0.05) is 18.2 Å². The number of guanidine groups is 1. The average molecular weight is 374 g/mol. The SMILES string of the molecule is CN1CCN=C1NCCNC(=O)c1ccccc1.I. The van der Waals surface area contributed by atoms with Gasteiger partial charge >= 0.3 is 0 Å². The van der Waals surface area contributed by atoms with Crippen LogP contribution in [-0.2, 0) is 0 Å². The van der Waals surface area contributed by atoms with Crippen LogP contribution >= 0.6 is 24.0 Å². The minimum Gasteiger partial charge on any atom is -0.354 e. The molecule has 6 heteroatoms. The van der Waals surface area contributed by atoms with Crippen LogP contribution in [0.15, 0.2) is 35.3 Å². The third kappa shape index (κ3) is 4.70. The zero-order chi connectivity index (χ0) is 12.8. The molecule has 1 aliphatic heterocycles. The van der Waals surface area contributed by atoms with Gasteiger partial charge in [0.05, 0.1) is 6.54 Å². The van der Waals surface area contributed by atoms with Gasteiger partial charge in [0.15, 0.2) is 5.96 Å². The molecule has 1 aliphatic rings. The first-order valence-electron chi connectivity index (χ1n) is 6.10. The number of amides is 1. The van der Waals surface area contributed by atoms with E-state index in [2.05, 4.69) is 20.5 Å². The fraction of sp³-hybridized carbons (Fsp3) is 0.385. The van der Waals surface area contributed by atoms with E-state index in [1.807, 2.05) is 25.2 Å². The summed E-state index contributed by atoms with van der Waals surface area (Å²) in [5, 5.41) is 6.06. The van der Waals surface area contributed by atoms with Crippen LogP contribution in [0.1, 0.15) is 10.4 Å². The molecule has 1 amide bonds. The third-order valence-corrected chi connectivity index (χ3v) is 2.79. The van der Waals surface area contributed by atoms with Gasteiger partial charge in [-0.05, 0) is 12.1 Å². The van der Waals surface area contributed by atoms with Crippen LogP contribution in [0, 0.1) is 0 Å². The number of nitrogens with one attached hydrogen (secondary N) is 2. The van der Waals surface area contributed by atoms with Crippen molar-refractivity contribution in [2.24, 2.45) is 4.99 Å². The molecule has 0 aliphatic carbocycles. The molecule has 0 atom stereocenters. The lowest BCUT2D eigenvalue weighted by molar-refractivity contribution is 0.0954. The third-order valence-electron chi connectivity index (χ3n) is 2.79. The van der Waals surface area contributed by atoms with Crippen LogP contribution < -0.4 is 10.6 Å². The van der Waals surface area contributed by atoms with Crippen LogP contribution in [0.5, 0.6) is 0 Å². The summed E-state index contributed by atoms with van der Waals surface area (Å²) in [4.78, 5) is 18.1. The molecule has 2 rings (SSSR count). The molecule has 1 heterocycles. The van der Waals surface area contributed by atoms with Gasteiger partial charge in [-0.25, -0.2) is 0 Å². The first-order valence-corrected chi connectivity index (χ1v) is 6.10. The highest BCUT2D eigenvalue weighted by atomic mass is 127. The van der Waals surface area contributed by atoms with E-state index in [-0.39, 0.29) is 29.9 Å². The highest BCUT2D eigenvalue weighted by Crippen LogP contribution is 1.97. The Hall–Kier alpha value is -1.31. The highest BCUT2D eigenvalue weighted by Gasteiger charge is 2.11. The molecule has 104 valence electrons. The second-order valence-electron chi connectivity index (χ2n) is 4.18. The van der Waals surface area contributed by atoms with Crippen molar-refractivity contribution < 1.29 is 4.79 Å². The number of hydrogen-bond acceptors (Lipinski definition) is 4. The van der Waals surface area contributed by atoms with Gasteiger partial charge in [0.2, 0.25) is 0 Å². The summed E-state index contributed by atoms with van der Waals surface area (Å²) >= 11 is 0. The van der Waals surface area contributed by atoms with Crippen molar-refractivity contribution >= 4 is 35.8 Å². The molecule has 1 aromatic rings. The maximum Gasteiger partial charge on any atom is 0.251 e. The lowest BCUT2D eigenvalue weighted by Crippen LogP contribution is -2.40. The zero-order valence-electron chi connectivity index (χ0n) is 10.9. The van der Waals surface area contributed by atoms with E-state index in [0.29, 0.717) is 18.7 Å². The molecule has 0 saturated carbocycles. The monoisotopic (exact) mass is 374 g/mol. The molecule has 5 nitrogen and oxygen atoms in total. The first-order chi connectivity index (χ1) is 8.77. The number of benzene rings is 1. The zero-order valence-corrected chi connectivity index (χ0v) is 13.3. The molecular formula is C13H19IN4O. The first kappa shape index (κ1) is 15.7. The van der Waals surface area contributed by atoms with Crippen LogP contribution in [0.25, 0.3) is 0 Å². The van der Waals surface area contributed by atoms with E-state index >= 15 is 0 Å². The van der Waals surface area contributed by atoms with Crippen molar-refractivity contribution in [2.75, 3.05) is 33.2 Å². The molecule has 0 bridgehead atoms. The standard InChI is InChI=1S/C13H18N4O.HI/c1-17-10-9-16-13(17)15-8-7-14-12(18)11-5-3-2-4-6-11;/h2-6H,7-10H2,1H3,(H,14,18)(H,15,16);1H. The number of carbonyl (C=O) groups is 1. The molecule has 0 radical (unpaired) electrons. The van der Waals surface area contributed by atoms with Gasteiger partial charge in [-0.3, -0.25) is 9.79 Å². The fourth-order valence-electron chi connectivity index (χ4n) is 1.77. The molecule has 0 saturated heterocycles. The van der Waals surface area contributed by atoms with E-state index in [4.69, 9.17) is 0 Å². The molecule has 0 unspecified atom stereocenters. The van der Waals surface area contributed by atoms with Gasteiger partial charge in [0, 0.05) is 32.2 Å². The predicted octanol–water partition coefficient (Wildman–Crippen LogP) is 0.925. The number of rotatable bonds is 4. The van der Waals surface area contributed by atoms with Gasteiger partial charge in [-0.2, -0.15) is 0 Å². The number of likely N-dealkylation sites (N-methyl/N-ethyl adjacent to an activating group) is 1. The van der Waals surface area contributed by atoms with E-state index in [9.17, 15) is 4.79 Å². The maximum atomic E-state index is 11.7. The van der Waals surface area contributed by atoms with Gasteiger partial charge in [0.25, 0.3) is 5.91 Å². The van der Waals surface area contributed by atoms with Gasteiger partial charge < -0.3 is 15.5 Å². The van der Waals surface area contributed by atoms with Crippen molar-refractivity contribution in [2.45, 2.75) is 0 Å². The van der Waals surface area contributed by atoms with Crippen molar-refractivity contribution in [3.8, 4) is 0 Å². The molecule has 2 N–H and O–H groups in total. The summed E-state index contributed by atoms with van der Waals surface area (Å²) in [6.45, 7) is 3.07. The molecule has 0 spiro atoms. The van der Waals surface area contributed by atoms with E-state index in [1.165, 1.54) is 0 Å². The Morgan fingerprint density at radius 3 is 2.68 bits per heavy atom. The molecule has 19 heavy (non-hydrogen) atoms. The summed E-state index contributed by atoms with van der Waals surface area (Å²) in [6, 6.07) is 9.21. The summed E-state index contributed by atoms with van der Waals surface area (Å²) in [7, 11) is 2.00. The summed E-state index contributed by atoms with van der Waals surface area (Å²) in [5.41, 5.74) is 0.688. The predicted molar refractivity (Wildman–Crippen MR) is 87.1 cm³/mol. The summed E-state index contributed by atoms with van der Waals surface area (Å²) in [5.74, 6) is 0.864. The normalized spacial score (nSPS) is 13.5. The smallest absolute Gasteiger partial charge is 0.251 e. The average Bonchev–Trinajstić information content (AvgIpc) is 2.81. The van der Waals surface area contributed by atoms with Crippen LogP contribution in [-0.4, -0.2) is 50.0 Å². The number of aliphatic imine (C=N–C) groups is 1. The Balaban J connectivity index is 0.00000180. The molecule has 1 aromatic carbocycles. The Bertz CT molecular complexity index is 436. The van der Waals surface area contributed by atoms with Crippen molar-refractivity contribution in [1.82, 2.24) is 15.5 Å². The number of nitrogens with zero attached hydrogens (tertiary/aromatic N) is 2. The number of carbonyl (C=O) groups excluding carboxylic acids is 1. The lowest BCUT2D eigenvalue weighted by Gasteiger charge is -2.15. The Kier molecular flexibility index (Phi) is 6.61. The Morgan fingerprint density at radius 2 is 2.05 bits per heavy atom. The van der Waals surface area contributed by atoms with Crippen molar-refractivity contribution in [3.63, 3.8) is 0 Å². The minimum absolute atomic E-state index is 0. The minimum atomic E-state index is -0.0425. The van der Waals surface area contributed by atoms with Crippen LogP contribution in [0.2, 0.25) is 0 Å². The molecule has 0 aromatic heterocycles. The second kappa shape index (κ2) is 7.98. The van der Waals surface area contributed by atoms with Crippen LogP contribution in [0.3, 0.4) is 0 Å². The van der Waals surface area contributed by atoms with Gasteiger partial charge in [0.1, 0.15) is 0 Å². The second-order valence-corrected chi connectivity index (χ2v) is 4.18. The van der Waals surface area contributed by atoms with E-state index in [0.717, 1.165) is 19.0 Å². The largest absolute Gasteiger partial charge is 0.354 e. The fourth-order valence-corrected chi connectivity index (χ4v) is 1.77.